The Morgan fingerprint density at radius 2 is 1.44 bits per heavy atom. The molecule has 1 N–H and O–H groups in total. The second kappa shape index (κ2) is 6.38. The fourth-order valence-electron chi connectivity index (χ4n) is 3.80. The molecule has 1 saturated heterocycles. The van der Waals surface area contributed by atoms with Crippen LogP contribution in [0, 0.1) is 11.8 Å². The predicted molar refractivity (Wildman–Crippen MR) is 78.3 cm³/mol. The van der Waals surface area contributed by atoms with E-state index in [0.717, 1.165) is 30.0 Å². The molecule has 1 heterocycles. The van der Waals surface area contributed by atoms with E-state index in [1.54, 1.807) is 0 Å². The van der Waals surface area contributed by atoms with E-state index in [0.29, 0.717) is 0 Å². The average Bonchev–Trinajstić information content (AvgIpc) is 2.34. The van der Waals surface area contributed by atoms with E-state index in [1.165, 1.54) is 44.9 Å². The summed E-state index contributed by atoms with van der Waals surface area (Å²) < 4.78 is 0. The lowest BCUT2D eigenvalue weighted by Crippen LogP contribution is -2.56. The molecule has 1 aliphatic carbocycles. The number of hydrazine groups is 1. The van der Waals surface area contributed by atoms with E-state index < -0.39 is 0 Å². The largest absolute Gasteiger partial charge is 0.252 e. The first-order valence-electron chi connectivity index (χ1n) is 8.12. The van der Waals surface area contributed by atoms with Gasteiger partial charge >= 0.3 is 0 Å². The normalized spacial score (nSPS) is 39.2. The molecule has 2 rings (SSSR count). The van der Waals surface area contributed by atoms with Crippen molar-refractivity contribution in [2.24, 2.45) is 11.8 Å². The van der Waals surface area contributed by atoms with Gasteiger partial charge in [0, 0.05) is 18.1 Å². The smallest absolute Gasteiger partial charge is 0.0218 e. The number of piperidine rings is 1. The van der Waals surface area contributed by atoms with Crippen molar-refractivity contribution in [3.8, 4) is 0 Å². The molecular formula is C16H32N2. The van der Waals surface area contributed by atoms with Crippen molar-refractivity contribution < 1.29 is 0 Å². The molecule has 2 heteroatoms. The molecule has 1 aliphatic heterocycles. The zero-order valence-electron chi connectivity index (χ0n) is 12.8. The highest BCUT2D eigenvalue weighted by Crippen LogP contribution is 2.31. The second-order valence-electron chi connectivity index (χ2n) is 7.02. The lowest BCUT2D eigenvalue weighted by molar-refractivity contribution is 0.0183. The Balaban J connectivity index is 1.80. The first-order chi connectivity index (χ1) is 8.58. The molecule has 1 saturated carbocycles. The van der Waals surface area contributed by atoms with Gasteiger partial charge in [-0.3, -0.25) is 5.43 Å². The van der Waals surface area contributed by atoms with Gasteiger partial charge in [-0.1, -0.05) is 20.3 Å². The first-order valence-corrected chi connectivity index (χ1v) is 8.12. The molecular weight excluding hydrogens is 220 g/mol. The quantitative estimate of drug-likeness (QED) is 0.817. The van der Waals surface area contributed by atoms with Crippen LogP contribution in [0.15, 0.2) is 0 Å². The van der Waals surface area contributed by atoms with Gasteiger partial charge in [0.25, 0.3) is 0 Å². The third-order valence-corrected chi connectivity index (χ3v) is 5.24. The minimum atomic E-state index is 0.719. The molecule has 2 fully saturated rings. The molecule has 0 radical (unpaired) electrons. The van der Waals surface area contributed by atoms with Crippen molar-refractivity contribution in [1.82, 2.24) is 10.4 Å². The molecule has 0 amide bonds. The standard InChI is InChI=1S/C16H32N2/c1-12(2)15-8-10-16(11-9-15)17-18-13(3)6-5-7-14(18)4/h12-17H,5-11H2,1-4H3. The van der Waals surface area contributed by atoms with E-state index in [-0.39, 0.29) is 0 Å². The van der Waals surface area contributed by atoms with Gasteiger partial charge in [0.2, 0.25) is 0 Å². The highest BCUT2D eigenvalue weighted by atomic mass is 15.5. The summed E-state index contributed by atoms with van der Waals surface area (Å²) in [6.45, 7) is 9.52. The van der Waals surface area contributed by atoms with E-state index in [1.807, 2.05) is 0 Å². The number of hydrogen-bond donors (Lipinski definition) is 1. The van der Waals surface area contributed by atoms with E-state index >= 15 is 0 Å². The molecule has 18 heavy (non-hydrogen) atoms. The van der Waals surface area contributed by atoms with Crippen molar-refractivity contribution in [2.75, 3.05) is 0 Å². The first kappa shape index (κ1) is 14.3. The van der Waals surface area contributed by atoms with Crippen LogP contribution in [-0.4, -0.2) is 23.1 Å². The third-order valence-electron chi connectivity index (χ3n) is 5.24. The maximum Gasteiger partial charge on any atom is 0.0218 e. The number of nitrogens with one attached hydrogen (secondary N) is 1. The number of nitrogens with zero attached hydrogens (tertiary/aromatic N) is 1. The van der Waals surface area contributed by atoms with Crippen molar-refractivity contribution >= 4 is 0 Å². The zero-order valence-corrected chi connectivity index (χ0v) is 12.8. The summed E-state index contributed by atoms with van der Waals surface area (Å²) in [4.78, 5) is 0. The van der Waals surface area contributed by atoms with Gasteiger partial charge in [0.1, 0.15) is 0 Å². The summed E-state index contributed by atoms with van der Waals surface area (Å²) >= 11 is 0. The molecule has 106 valence electrons. The molecule has 2 atom stereocenters. The van der Waals surface area contributed by atoms with Crippen LogP contribution in [0.25, 0.3) is 0 Å². The van der Waals surface area contributed by atoms with Gasteiger partial charge in [-0.05, 0) is 64.2 Å². The zero-order chi connectivity index (χ0) is 13.1. The summed E-state index contributed by atoms with van der Waals surface area (Å²) in [5.41, 5.74) is 3.85. The van der Waals surface area contributed by atoms with Crippen molar-refractivity contribution in [3.63, 3.8) is 0 Å². The maximum atomic E-state index is 3.85. The minimum Gasteiger partial charge on any atom is -0.252 e. The van der Waals surface area contributed by atoms with Gasteiger partial charge < -0.3 is 0 Å². The molecule has 2 nitrogen and oxygen atoms in total. The summed E-state index contributed by atoms with van der Waals surface area (Å²) in [5.74, 6) is 1.85. The molecule has 0 bridgehead atoms. The van der Waals surface area contributed by atoms with E-state index in [4.69, 9.17) is 0 Å². The SMILES string of the molecule is CC(C)C1CCC(NN2C(C)CCCC2C)CC1. The summed E-state index contributed by atoms with van der Waals surface area (Å²) in [6.07, 6.45) is 9.72. The van der Waals surface area contributed by atoms with Gasteiger partial charge in [-0.2, -0.15) is 0 Å². The summed E-state index contributed by atoms with van der Waals surface area (Å²) in [5, 5.41) is 2.56. The second-order valence-corrected chi connectivity index (χ2v) is 7.02. The van der Waals surface area contributed by atoms with Crippen molar-refractivity contribution in [1.29, 1.82) is 0 Å². The molecule has 2 aliphatic rings. The van der Waals surface area contributed by atoms with Crippen LogP contribution in [0.1, 0.15) is 72.6 Å². The van der Waals surface area contributed by atoms with Crippen LogP contribution in [0.2, 0.25) is 0 Å². The van der Waals surface area contributed by atoms with Crippen LogP contribution >= 0.6 is 0 Å². The highest BCUT2D eigenvalue weighted by Gasteiger charge is 2.29. The number of hydrogen-bond acceptors (Lipinski definition) is 2. The minimum absolute atomic E-state index is 0.719. The van der Waals surface area contributed by atoms with Gasteiger partial charge in [0.05, 0.1) is 0 Å². The Hall–Kier alpha value is -0.0800. The lowest BCUT2D eigenvalue weighted by atomic mass is 9.80. The maximum absolute atomic E-state index is 3.85. The summed E-state index contributed by atoms with van der Waals surface area (Å²) in [7, 11) is 0. The fraction of sp³-hybridized carbons (Fsp3) is 1.00. The molecule has 0 aromatic carbocycles. The van der Waals surface area contributed by atoms with Gasteiger partial charge in [0.15, 0.2) is 0 Å². The molecule has 0 spiro atoms. The fourth-order valence-corrected chi connectivity index (χ4v) is 3.80. The Morgan fingerprint density at radius 3 is 1.94 bits per heavy atom. The van der Waals surface area contributed by atoms with Crippen molar-refractivity contribution in [2.45, 2.75) is 90.8 Å². The number of rotatable bonds is 3. The van der Waals surface area contributed by atoms with Crippen LogP contribution in [0.4, 0.5) is 0 Å². The van der Waals surface area contributed by atoms with Crippen LogP contribution in [0.5, 0.6) is 0 Å². The van der Waals surface area contributed by atoms with Crippen LogP contribution < -0.4 is 5.43 Å². The molecule has 2 unspecified atom stereocenters. The van der Waals surface area contributed by atoms with E-state index in [9.17, 15) is 0 Å². The van der Waals surface area contributed by atoms with Crippen LogP contribution in [-0.2, 0) is 0 Å². The lowest BCUT2D eigenvalue weighted by Gasteiger charge is -2.43. The summed E-state index contributed by atoms with van der Waals surface area (Å²) in [6, 6.07) is 2.18. The Bertz CT molecular complexity index is 233. The molecule has 0 aromatic heterocycles. The monoisotopic (exact) mass is 252 g/mol. The Morgan fingerprint density at radius 1 is 0.889 bits per heavy atom. The van der Waals surface area contributed by atoms with Crippen molar-refractivity contribution in [3.05, 3.63) is 0 Å². The third kappa shape index (κ3) is 3.48. The molecule has 0 aromatic rings. The van der Waals surface area contributed by atoms with E-state index in [2.05, 4.69) is 38.1 Å². The Labute approximate surface area is 113 Å². The Kier molecular flexibility index (Phi) is 5.08. The topological polar surface area (TPSA) is 15.3 Å². The van der Waals surface area contributed by atoms with Crippen LogP contribution in [0.3, 0.4) is 0 Å². The van der Waals surface area contributed by atoms with Gasteiger partial charge in [-0.25, -0.2) is 5.01 Å². The predicted octanol–water partition coefficient (Wildman–Crippen LogP) is 3.97. The highest BCUT2D eigenvalue weighted by molar-refractivity contribution is 4.82. The van der Waals surface area contributed by atoms with Gasteiger partial charge in [-0.15, -0.1) is 0 Å². The average molecular weight is 252 g/mol.